The summed E-state index contributed by atoms with van der Waals surface area (Å²) in [6, 6.07) is 20.1. The number of rotatable bonds is 5. The van der Waals surface area contributed by atoms with Gasteiger partial charge in [-0.15, -0.1) is 0 Å². The predicted molar refractivity (Wildman–Crippen MR) is 91.3 cm³/mol. The van der Waals surface area contributed by atoms with Gasteiger partial charge in [0.25, 0.3) is 0 Å². The Morgan fingerprint density at radius 3 is 2.26 bits per heavy atom. The number of carbonyl (C=O) groups is 1. The van der Waals surface area contributed by atoms with E-state index in [1.165, 1.54) is 0 Å². The number of hydrogen-bond donors (Lipinski definition) is 1. The number of anilines is 1. The molecule has 1 atom stereocenters. The fraction of sp³-hybridized carbons (Fsp3) is 0.316. The lowest BCUT2D eigenvalue weighted by molar-refractivity contribution is -0.135. The van der Waals surface area contributed by atoms with Crippen molar-refractivity contribution in [3.63, 3.8) is 0 Å². The van der Waals surface area contributed by atoms with E-state index in [0.717, 1.165) is 11.3 Å². The van der Waals surface area contributed by atoms with Crippen molar-refractivity contribution in [1.29, 1.82) is 0 Å². The minimum atomic E-state index is -0.0334. The second-order valence-corrected chi connectivity index (χ2v) is 5.67. The maximum Gasteiger partial charge on any atom is 0.225 e. The van der Waals surface area contributed by atoms with Crippen molar-refractivity contribution in [2.45, 2.75) is 12.5 Å². The summed E-state index contributed by atoms with van der Waals surface area (Å²) in [5.74, 6) is 0.172. The standard InChI is InChI=1S/C19H22N2O2/c22-19(21-11-13-23-14-12-21)15-18(16-7-3-1-4-8-16)20-17-9-5-2-6-10-17/h1-10,18,20H,11-15H2. The number of nitrogens with one attached hydrogen (secondary N) is 1. The molecule has 0 aliphatic carbocycles. The molecule has 0 spiro atoms. The summed E-state index contributed by atoms with van der Waals surface area (Å²) >= 11 is 0. The van der Waals surface area contributed by atoms with Crippen molar-refractivity contribution in [1.82, 2.24) is 4.90 Å². The van der Waals surface area contributed by atoms with Crippen molar-refractivity contribution in [3.8, 4) is 0 Å². The molecule has 4 nitrogen and oxygen atoms in total. The number of amides is 1. The van der Waals surface area contributed by atoms with E-state index in [4.69, 9.17) is 4.74 Å². The van der Waals surface area contributed by atoms with Crippen LogP contribution in [0.5, 0.6) is 0 Å². The molecule has 3 rings (SSSR count). The molecule has 1 saturated heterocycles. The molecule has 0 bridgehead atoms. The highest BCUT2D eigenvalue weighted by Gasteiger charge is 2.22. The zero-order chi connectivity index (χ0) is 15.9. The third kappa shape index (κ3) is 4.33. The summed E-state index contributed by atoms with van der Waals surface area (Å²) in [4.78, 5) is 14.5. The van der Waals surface area contributed by atoms with Gasteiger partial charge in [-0.2, -0.15) is 0 Å². The number of benzene rings is 2. The maximum atomic E-state index is 12.6. The van der Waals surface area contributed by atoms with Gasteiger partial charge in [0.2, 0.25) is 5.91 Å². The molecule has 0 aromatic heterocycles. The lowest BCUT2D eigenvalue weighted by atomic mass is 10.0. The Kier molecular flexibility index (Phi) is 5.27. The summed E-state index contributed by atoms with van der Waals surface area (Å²) in [6.45, 7) is 2.64. The topological polar surface area (TPSA) is 41.6 Å². The Morgan fingerprint density at radius 1 is 1.00 bits per heavy atom. The Balaban J connectivity index is 1.73. The monoisotopic (exact) mass is 310 g/mol. The van der Waals surface area contributed by atoms with Crippen LogP contribution in [0.1, 0.15) is 18.0 Å². The van der Waals surface area contributed by atoms with Gasteiger partial charge in [0.05, 0.1) is 25.7 Å². The molecule has 2 aromatic rings. The van der Waals surface area contributed by atoms with Gasteiger partial charge in [0, 0.05) is 18.8 Å². The highest BCUT2D eigenvalue weighted by Crippen LogP contribution is 2.23. The van der Waals surface area contributed by atoms with Crippen LogP contribution >= 0.6 is 0 Å². The minimum absolute atomic E-state index is 0.0334. The van der Waals surface area contributed by atoms with E-state index in [0.29, 0.717) is 32.7 Å². The normalized spacial score (nSPS) is 15.9. The van der Waals surface area contributed by atoms with Crippen molar-refractivity contribution < 1.29 is 9.53 Å². The summed E-state index contributed by atoms with van der Waals surface area (Å²) < 4.78 is 5.33. The van der Waals surface area contributed by atoms with E-state index < -0.39 is 0 Å². The van der Waals surface area contributed by atoms with Gasteiger partial charge in [-0.3, -0.25) is 4.79 Å². The quantitative estimate of drug-likeness (QED) is 0.923. The summed E-state index contributed by atoms with van der Waals surface area (Å²) in [7, 11) is 0. The van der Waals surface area contributed by atoms with Crippen LogP contribution in [0.25, 0.3) is 0 Å². The lowest BCUT2D eigenvalue weighted by Gasteiger charge is -2.29. The van der Waals surface area contributed by atoms with Gasteiger partial charge in [0.1, 0.15) is 0 Å². The molecule has 1 N–H and O–H groups in total. The van der Waals surface area contributed by atoms with Crippen molar-refractivity contribution in [2.75, 3.05) is 31.6 Å². The fourth-order valence-corrected chi connectivity index (χ4v) is 2.79. The molecule has 1 aliphatic rings. The second-order valence-electron chi connectivity index (χ2n) is 5.67. The minimum Gasteiger partial charge on any atom is -0.378 e. The Labute approximate surface area is 137 Å². The first-order valence-electron chi connectivity index (χ1n) is 8.05. The average molecular weight is 310 g/mol. The van der Waals surface area contributed by atoms with Crippen molar-refractivity contribution in [3.05, 3.63) is 66.2 Å². The van der Waals surface area contributed by atoms with E-state index in [9.17, 15) is 4.79 Å². The highest BCUT2D eigenvalue weighted by molar-refractivity contribution is 5.77. The Bertz CT molecular complexity index is 610. The third-order valence-electron chi connectivity index (χ3n) is 4.06. The van der Waals surface area contributed by atoms with Crippen LogP contribution in [0.2, 0.25) is 0 Å². The molecular formula is C19H22N2O2. The van der Waals surface area contributed by atoms with Gasteiger partial charge in [-0.05, 0) is 17.7 Å². The van der Waals surface area contributed by atoms with Crippen LogP contribution < -0.4 is 5.32 Å². The summed E-state index contributed by atoms with van der Waals surface area (Å²) in [6.07, 6.45) is 0.443. The van der Waals surface area contributed by atoms with Crippen LogP contribution in [0, 0.1) is 0 Å². The number of hydrogen-bond acceptors (Lipinski definition) is 3. The molecule has 0 saturated carbocycles. The number of nitrogens with zero attached hydrogens (tertiary/aromatic N) is 1. The van der Waals surface area contributed by atoms with Gasteiger partial charge >= 0.3 is 0 Å². The SMILES string of the molecule is O=C(CC(Nc1ccccc1)c1ccccc1)N1CCOCC1. The highest BCUT2D eigenvalue weighted by atomic mass is 16.5. The molecule has 2 aromatic carbocycles. The van der Waals surface area contributed by atoms with Crippen LogP contribution in [0.15, 0.2) is 60.7 Å². The first kappa shape index (κ1) is 15.6. The number of carbonyl (C=O) groups excluding carboxylic acids is 1. The van der Waals surface area contributed by atoms with E-state index in [2.05, 4.69) is 17.4 Å². The summed E-state index contributed by atoms with van der Waals surface area (Å²) in [5.41, 5.74) is 2.15. The van der Waals surface area contributed by atoms with E-state index in [1.807, 2.05) is 53.4 Å². The summed E-state index contributed by atoms with van der Waals surface area (Å²) in [5, 5.41) is 3.49. The van der Waals surface area contributed by atoms with Gasteiger partial charge in [0.15, 0.2) is 0 Å². The first-order valence-corrected chi connectivity index (χ1v) is 8.05. The molecule has 120 valence electrons. The largest absolute Gasteiger partial charge is 0.378 e. The number of para-hydroxylation sites is 1. The van der Waals surface area contributed by atoms with Crippen LogP contribution in [-0.4, -0.2) is 37.1 Å². The molecule has 1 fully saturated rings. The van der Waals surface area contributed by atoms with E-state index >= 15 is 0 Å². The number of ether oxygens (including phenoxy) is 1. The first-order chi connectivity index (χ1) is 11.3. The average Bonchev–Trinajstić information content (AvgIpc) is 2.63. The lowest BCUT2D eigenvalue weighted by Crippen LogP contribution is -2.41. The van der Waals surface area contributed by atoms with Gasteiger partial charge < -0.3 is 15.0 Å². The zero-order valence-electron chi connectivity index (χ0n) is 13.2. The van der Waals surface area contributed by atoms with Crippen LogP contribution in [0.3, 0.4) is 0 Å². The number of morpholine rings is 1. The molecule has 1 unspecified atom stereocenters. The van der Waals surface area contributed by atoms with Gasteiger partial charge in [-0.25, -0.2) is 0 Å². The Morgan fingerprint density at radius 2 is 1.61 bits per heavy atom. The molecule has 0 radical (unpaired) electrons. The molecule has 4 heteroatoms. The predicted octanol–water partition coefficient (Wildman–Crippen LogP) is 3.09. The Hall–Kier alpha value is -2.33. The zero-order valence-corrected chi connectivity index (χ0v) is 13.2. The molecule has 23 heavy (non-hydrogen) atoms. The van der Waals surface area contributed by atoms with Crippen molar-refractivity contribution in [2.24, 2.45) is 0 Å². The maximum absolute atomic E-state index is 12.6. The van der Waals surface area contributed by atoms with Crippen molar-refractivity contribution >= 4 is 11.6 Å². The van der Waals surface area contributed by atoms with Gasteiger partial charge in [-0.1, -0.05) is 48.5 Å². The van der Waals surface area contributed by atoms with Crippen LogP contribution in [0.4, 0.5) is 5.69 Å². The second kappa shape index (κ2) is 7.79. The van der Waals surface area contributed by atoms with E-state index in [-0.39, 0.29) is 11.9 Å². The fourth-order valence-electron chi connectivity index (χ4n) is 2.79. The molecule has 1 aliphatic heterocycles. The third-order valence-corrected chi connectivity index (χ3v) is 4.06. The smallest absolute Gasteiger partial charge is 0.225 e. The molecule has 1 amide bonds. The van der Waals surface area contributed by atoms with E-state index in [1.54, 1.807) is 0 Å². The van der Waals surface area contributed by atoms with Crippen LogP contribution in [-0.2, 0) is 9.53 Å². The molecular weight excluding hydrogens is 288 g/mol. The molecule has 1 heterocycles.